The lowest BCUT2D eigenvalue weighted by Crippen LogP contribution is -2.30. The Kier molecular flexibility index (Phi) is 7.12. The maximum atomic E-state index is 12.1. The summed E-state index contributed by atoms with van der Waals surface area (Å²) in [6, 6.07) is 6.31. The van der Waals surface area contributed by atoms with Gasteiger partial charge in [-0.05, 0) is 24.3 Å². The topological polar surface area (TPSA) is 88.2 Å². The standard InChI is InChI=1S/C16H20BrN3O3S2/c1-11(2)16-20-13(10-24-16)9-18-15(21)7-8-19-25(22,23)14-5-3-12(17)4-6-14/h3-6,10-11,19H,7-9H2,1-2H3,(H,18,21). The van der Waals surface area contributed by atoms with E-state index in [4.69, 9.17) is 0 Å². The van der Waals surface area contributed by atoms with Crippen molar-refractivity contribution in [3.63, 3.8) is 0 Å². The predicted molar refractivity (Wildman–Crippen MR) is 102 cm³/mol. The van der Waals surface area contributed by atoms with Gasteiger partial charge < -0.3 is 5.32 Å². The highest BCUT2D eigenvalue weighted by Crippen LogP contribution is 2.19. The van der Waals surface area contributed by atoms with Gasteiger partial charge in [0.15, 0.2) is 0 Å². The van der Waals surface area contributed by atoms with E-state index in [0.717, 1.165) is 15.2 Å². The van der Waals surface area contributed by atoms with Gasteiger partial charge in [0.1, 0.15) is 0 Å². The van der Waals surface area contributed by atoms with E-state index in [1.165, 1.54) is 12.1 Å². The molecule has 136 valence electrons. The third-order valence-electron chi connectivity index (χ3n) is 3.30. The summed E-state index contributed by atoms with van der Waals surface area (Å²) in [6.45, 7) is 4.53. The zero-order valence-electron chi connectivity index (χ0n) is 14.0. The first kappa shape index (κ1) is 20.0. The molecule has 0 aliphatic carbocycles. The van der Waals surface area contributed by atoms with Crippen LogP contribution >= 0.6 is 27.3 Å². The van der Waals surface area contributed by atoms with Crippen LogP contribution in [0.15, 0.2) is 39.0 Å². The molecule has 25 heavy (non-hydrogen) atoms. The molecule has 0 bridgehead atoms. The van der Waals surface area contributed by atoms with Crippen LogP contribution in [0.4, 0.5) is 0 Å². The van der Waals surface area contributed by atoms with Crippen LogP contribution in [0.5, 0.6) is 0 Å². The Morgan fingerprint density at radius 2 is 1.96 bits per heavy atom. The second kappa shape index (κ2) is 8.88. The van der Waals surface area contributed by atoms with Gasteiger partial charge in [0.25, 0.3) is 0 Å². The number of aromatic nitrogens is 1. The molecular formula is C16H20BrN3O3S2. The largest absolute Gasteiger partial charge is 0.350 e. The molecule has 1 aromatic heterocycles. The minimum atomic E-state index is -3.61. The number of carbonyl (C=O) groups is 1. The lowest BCUT2D eigenvalue weighted by molar-refractivity contribution is -0.121. The molecule has 2 aromatic rings. The number of nitrogens with zero attached hydrogens (tertiary/aromatic N) is 1. The van der Waals surface area contributed by atoms with E-state index in [1.54, 1.807) is 23.5 Å². The molecule has 2 rings (SSSR count). The highest BCUT2D eigenvalue weighted by molar-refractivity contribution is 9.10. The lowest BCUT2D eigenvalue weighted by atomic mass is 10.2. The fraction of sp³-hybridized carbons (Fsp3) is 0.375. The van der Waals surface area contributed by atoms with Gasteiger partial charge in [-0.2, -0.15) is 0 Å². The summed E-state index contributed by atoms with van der Waals surface area (Å²) in [6.07, 6.45) is 0.0664. The second-order valence-electron chi connectivity index (χ2n) is 5.71. The summed E-state index contributed by atoms with van der Waals surface area (Å²) in [5.74, 6) is 0.139. The van der Waals surface area contributed by atoms with Crippen LogP contribution in [0, 0.1) is 0 Å². The summed E-state index contributed by atoms with van der Waals surface area (Å²) in [5.41, 5.74) is 0.817. The third-order valence-corrected chi connectivity index (χ3v) is 6.50. The van der Waals surface area contributed by atoms with Crippen LogP contribution in [0.1, 0.15) is 36.9 Å². The molecular weight excluding hydrogens is 426 g/mol. The molecule has 0 atom stereocenters. The quantitative estimate of drug-likeness (QED) is 0.653. The average molecular weight is 446 g/mol. The van der Waals surface area contributed by atoms with Gasteiger partial charge in [0.2, 0.25) is 15.9 Å². The van der Waals surface area contributed by atoms with Crippen molar-refractivity contribution in [3.8, 4) is 0 Å². The minimum Gasteiger partial charge on any atom is -0.350 e. The molecule has 1 aromatic carbocycles. The number of benzene rings is 1. The van der Waals surface area contributed by atoms with Crippen LogP contribution < -0.4 is 10.0 Å². The van der Waals surface area contributed by atoms with Gasteiger partial charge in [-0.25, -0.2) is 18.1 Å². The van der Waals surface area contributed by atoms with Crippen LogP contribution in [-0.4, -0.2) is 25.9 Å². The average Bonchev–Trinajstić information content (AvgIpc) is 3.02. The van der Waals surface area contributed by atoms with E-state index in [2.05, 4.69) is 44.8 Å². The zero-order chi connectivity index (χ0) is 18.4. The Balaban J connectivity index is 1.77. The predicted octanol–water partition coefficient (Wildman–Crippen LogP) is 3.01. The molecule has 0 radical (unpaired) electrons. The number of nitrogens with one attached hydrogen (secondary N) is 2. The van der Waals surface area contributed by atoms with Crippen molar-refractivity contribution in [3.05, 3.63) is 44.8 Å². The second-order valence-corrected chi connectivity index (χ2v) is 9.28. The smallest absolute Gasteiger partial charge is 0.240 e. The van der Waals surface area contributed by atoms with Gasteiger partial charge in [-0.15, -0.1) is 11.3 Å². The number of thiazole rings is 1. The van der Waals surface area contributed by atoms with E-state index < -0.39 is 10.0 Å². The molecule has 0 fully saturated rings. The van der Waals surface area contributed by atoms with Gasteiger partial charge in [0.05, 0.1) is 22.1 Å². The first-order valence-electron chi connectivity index (χ1n) is 7.74. The molecule has 0 saturated heterocycles. The number of amides is 1. The Hall–Kier alpha value is -1.29. The Morgan fingerprint density at radius 1 is 1.28 bits per heavy atom. The van der Waals surface area contributed by atoms with Crippen LogP contribution in [0.2, 0.25) is 0 Å². The van der Waals surface area contributed by atoms with Crippen molar-refractivity contribution in [2.75, 3.05) is 6.54 Å². The highest BCUT2D eigenvalue weighted by Gasteiger charge is 2.14. The van der Waals surface area contributed by atoms with Crippen LogP contribution in [0.25, 0.3) is 0 Å². The number of sulfonamides is 1. The molecule has 0 saturated carbocycles. The molecule has 9 heteroatoms. The summed E-state index contributed by atoms with van der Waals surface area (Å²) < 4.78 is 27.4. The van der Waals surface area contributed by atoms with Crippen LogP contribution in [0.3, 0.4) is 0 Å². The number of rotatable bonds is 8. The van der Waals surface area contributed by atoms with Crippen molar-refractivity contribution >= 4 is 43.2 Å². The Morgan fingerprint density at radius 3 is 2.56 bits per heavy atom. The number of carbonyl (C=O) groups excluding carboxylic acids is 1. The molecule has 1 amide bonds. The molecule has 0 aliphatic rings. The van der Waals surface area contributed by atoms with E-state index in [9.17, 15) is 13.2 Å². The molecule has 0 spiro atoms. The van der Waals surface area contributed by atoms with Crippen molar-refractivity contribution in [1.29, 1.82) is 0 Å². The monoisotopic (exact) mass is 445 g/mol. The van der Waals surface area contributed by atoms with E-state index in [0.29, 0.717) is 12.5 Å². The first-order valence-corrected chi connectivity index (χ1v) is 10.9. The van der Waals surface area contributed by atoms with Crippen molar-refractivity contribution in [2.24, 2.45) is 0 Å². The zero-order valence-corrected chi connectivity index (χ0v) is 17.2. The lowest BCUT2D eigenvalue weighted by Gasteiger charge is -2.07. The number of hydrogen-bond acceptors (Lipinski definition) is 5. The molecule has 1 heterocycles. The third kappa shape index (κ3) is 6.18. The van der Waals surface area contributed by atoms with E-state index in [1.807, 2.05) is 5.38 Å². The maximum absolute atomic E-state index is 12.1. The summed E-state index contributed by atoms with van der Waals surface area (Å²) in [5, 5.41) is 5.71. The number of hydrogen-bond donors (Lipinski definition) is 2. The Bertz CT molecular complexity index is 817. The fourth-order valence-corrected chi connectivity index (χ4v) is 4.07. The maximum Gasteiger partial charge on any atom is 0.240 e. The van der Waals surface area contributed by atoms with E-state index >= 15 is 0 Å². The number of halogens is 1. The van der Waals surface area contributed by atoms with Gasteiger partial charge >= 0.3 is 0 Å². The van der Waals surface area contributed by atoms with Crippen LogP contribution in [-0.2, 0) is 21.4 Å². The molecule has 0 aliphatic heterocycles. The van der Waals surface area contributed by atoms with Crippen molar-refractivity contribution in [1.82, 2.24) is 15.0 Å². The van der Waals surface area contributed by atoms with Gasteiger partial charge in [0, 0.05) is 28.7 Å². The summed E-state index contributed by atoms with van der Waals surface area (Å²) in [7, 11) is -3.61. The summed E-state index contributed by atoms with van der Waals surface area (Å²) in [4.78, 5) is 16.5. The molecule has 6 nitrogen and oxygen atoms in total. The van der Waals surface area contributed by atoms with Crippen molar-refractivity contribution in [2.45, 2.75) is 37.6 Å². The van der Waals surface area contributed by atoms with Gasteiger partial charge in [-0.3, -0.25) is 4.79 Å². The Labute approximate surface area is 160 Å². The fourth-order valence-electron chi connectivity index (χ4n) is 1.94. The summed E-state index contributed by atoms with van der Waals surface area (Å²) >= 11 is 4.83. The SMILES string of the molecule is CC(C)c1nc(CNC(=O)CCNS(=O)(=O)c2ccc(Br)cc2)cs1. The normalized spacial score (nSPS) is 11.7. The highest BCUT2D eigenvalue weighted by atomic mass is 79.9. The first-order chi connectivity index (χ1) is 11.8. The van der Waals surface area contributed by atoms with E-state index in [-0.39, 0.29) is 23.8 Å². The van der Waals surface area contributed by atoms with Crippen molar-refractivity contribution < 1.29 is 13.2 Å². The molecule has 2 N–H and O–H groups in total. The minimum absolute atomic E-state index is 0.0402. The van der Waals surface area contributed by atoms with Gasteiger partial charge in [-0.1, -0.05) is 29.8 Å². The molecule has 0 unspecified atom stereocenters.